The van der Waals surface area contributed by atoms with Gasteiger partial charge in [0.15, 0.2) is 0 Å². The first-order valence-electron chi connectivity index (χ1n) is 6.77. The van der Waals surface area contributed by atoms with E-state index in [0.29, 0.717) is 20.5 Å². The van der Waals surface area contributed by atoms with Gasteiger partial charge in [0, 0.05) is 18.7 Å². The molecule has 1 N–H and O–H groups in total. The topological polar surface area (TPSA) is 81.3 Å². The van der Waals surface area contributed by atoms with Crippen LogP contribution in [0.15, 0.2) is 9.59 Å². The molecule has 0 aromatic carbocycles. The average molecular weight is 368 g/mol. The summed E-state index contributed by atoms with van der Waals surface area (Å²) in [5.41, 5.74) is -2.31. The molecule has 2 heterocycles. The predicted molar refractivity (Wildman–Crippen MR) is 78.5 cm³/mol. The Morgan fingerprint density at radius 3 is 2.33 bits per heavy atom. The van der Waals surface area contributed by atoms with Gasteiger partial charge in [0.2, 0.25) is 0 Å². The highest BCUT2D eigenvalue weighted by molar-refractivity contribution is 7.20. The highest BCUT2D eigenvalue weighted by atomic mass is 32.1. The second-order valence-corrected chi connectivity index (χ2v) is 5.88. The summed E-state index contributed by atoms with van der Waals surface area (Å²) in [4.78, 5) is 35.0. The lowest BCUT2D eigenvalue weighted by atomic mass is 10.2. The molecule has 0 spiro atoms. The minimum absolute atomic E-state index is 0.135. The lowest BCUT2D eigenvalue weighted by Gasteiger charge is -2.12. The second-order valence-electron chi connectivity index (χ2n) is 4.88. The molecule has 0 radical (unpaired) electrons. The van der Waals surface area contributed by atoms with E-state index in [4.69, 9.17) is 5.11 Å². The first-order chi connectivity index (χ1) is 11.1. The first kappa shape index (κ1) is 18.2. The van der Waals surface area contributed by atoms with E-state index in [1.54, 1.807) is 0 Å². The fourth-order valence-corrected chi connectivity index (χ4v) is 3.48. The molecule has 11 heteroatoms. The zero-order valence-corrected chi connectivity index (χ0v) is 13.1. The van der Waals surface area contributed by atoms with E-state index in [1.165, 1.54) is 6.92 Å². The lowest BCUT2D eigenvalue weighted by molar-refractivity contribution is -0.136. The van der Waals surface area contributed by atoms with Gasteiger partial charge in [0.05, 0.1) is 11.8 Å². The third-order valence-corrected chi connectivity index (χ3v) is 4.66. The molecule has 0 saturated heterocycles. The number of carboxylic acid groups (broad SMARTS) is 1. The number of aromatic nitrogens is 2. The van der Waals surface area contributed by atoms with E-state index in [-0.39, 0.29) is 16.8 Å². The maximum atomic E-state index is 13.3. The standard InChI is InChI=1S/C13H12F4N2O4S/c1-2-18-9(20)7-6(5-14)8(11(21)22)24-10(7)19(12(18)23)4-3-13(15,16)17/h2-5H2,1H3,(H,21,22). The highest BCUT2D eigenvalue weighted by Gasteiger charge is 2.29. The van der Waals surface area contributed by atoms with E-state index in [0.717, 1.165) is 0 Å². The van der Waals surface area contributed by atoms with Gasteiger partial charge in [-0.15, -0.1) is 11.3 Å². The van der Waals surface area contributed by atoms with Gasteiger partial charge in [-0.05, 0) is 6.92 Å². The molecule has 0 aliphatic carbocycles. The number of fused-ring (bicyclic) bond motifs is 1. The molecule has 0 saturated carbocycles. The Bertz CT molecular complexity index is 910. The fourth-order valence-electron chi connectivity index (χ4n) is 2.33. The minimum atomic E-state index is -4.55. The fraction of sp³-hybridized carbons (Fsp3) is 0.462. The number of carboxylic acids is 1. The number of alkyl halides is 4. The largest absolute Gasteiger partial charge is 0.477 e. The van der Waals surface area contributed by atoms with Gasteiger partial charge in [-0.1, -0.05) is 0 Å². The molecule has 0 aliphatic heterocycles. The normalized spacial score (nSPS) is 12.0. The van der Waals surface area contributed by atoms with E-state index in [2.05, 4.69) is 0 Å². The van der Waals surface area contributed by atoms with Crippen LogP contribution >= 0.6 is 11.3 Å². The minimum Gasteiger partial charge on any atom is -0.477 e. The van der Waals surface area contributed by atoms with Crippen LogP contribution in [0.3, 0.4) is 0 Å². The van der Waals surface area contributed by atoms with E-state index in [1.807, 2.05) is 0 Å². The molecule has 0 unspecified atom stereocenters. The molecule has 24 heavy (non-hydrogen) atoms. The summed E-state index contributed by atoms with van der Waals surface area (Å²) in [6, 6.07) is 0. The van der Waals surface area contributed by atoms with Crippen molar-refractivity contribution < 1.29 is 27.5 Å². The Kier molecular flexibility index (Phi) is 4.83. The molecule has 2 aromatic heterocycles. The quantitative estimate of drug-likeness (QED) is 0.822. The molecular weight excluding hydrogens is 356 g/mol. The van der Waals surface area contributed by atoms with Crippen LogP contribution in [0.1, 0.15) is 28.6 Å². The van der Waals surface area contributed by atoms with Crippen LogP contribution in [0.5, 0.6) is 0 Å². The number of halogens is 4. The molecule has 0 amide bonds. The number of rotatable bonds is 5. The van der Waals surface area contributed by atoms with Crippen molar-refractivity contribution in [3.8, 4) is 0 Å². The van der Waals surface area contributed by atoms with Gasteiger partial charge in [-0.25, -0.2) is 14.0 Å². The summed E-state index contributed by atoms with van der Waals surface area (Å²) in [5, 5.41) is 8.74. The second kappa shape index (κ2) is 6.38. The van der Waals surface area contributed by atoms with Crippen LogP contribution in [-0.4, -0.2) is 26.4 Å². The van der Waals surface area contributed by atoms with Gasteiger partial charge in [0.25, 0.3) is 5.56 Å². The van der Waals surface area contributed by atoms with Crippen molar-refractivity contribution in [2.24, 2.45) is 0 Å². The van der Waals surface area contributed by atoms with Crippen molar-refractivity contribution in [1.29, 1.82) is 0 Å². The molecule has 0 bridgehead atoms. The number of carbonyl (C=O) groups is 1. The van der Waals surface area contributed by atoms with Crippen molar-refractivity contribution in [3.63, 3.8) is 0 Å². The molecule has 0 fully saturated rings. The monoisotopic (exact) mass is 368 g/mol. The van der Waals surface area contributed by atoms with E-state index >= 15 is 0 Å². The van der Waals surface area contributed by atoms with Gasteiger partial charge < -0.3 is 5.11 Å². The Morgan fingerprint density at radius 2 is 1.88 bits per heavy atom. The summed E-state index contributed by atoms with van der Waals surface area (Å²) in [6.07, 6.45) is -5.88. The van der Waals surface area contributed by atoms with Crippen LogP contribution in [0, 0.1) is 0 Å². The summed E-state index contributed by atoms with van der Waals surface area (Å²) >= 11 is 0.424. The smallest absolute Gasteiger partial charge is 0.390 e. The van der Waals surface area contributed by atoms with Crippen molar-refractivity contribution in [3.05, 3.63) is 31.3 Å². The summed E-state index contributed by atoms with van der Waals surface area (Å²) in [5.74, 6) is -1.51. The van der Waals surface area contributed by atoms with Gasteiger partial charge >= 0.3 is 17.8 Å². The van der Waals surface area contributed by atoms with Crippen LogP contribution in [-0.2, 0) is 19.8 Å². The molecular formula is C13H12F4N2O4S. The Morgan fingerprint density at radius 1 is 1.25 bits per heavy atom. The number of aryl methyl sites for hydroxylation is 1. The van der Waals surface area contributed by atoms with E-state index in [9.17, 15) is 31.9 Å². The van der Waals surface area contributed by atoms with Gasteiger partial charge in [-0.2, -0.15) is 13.2 Å². The lowest BCUT2D eigenvalue weighted by Crippen LogP contribution is -2.40. The predicted octanol–water partition coefficient (Wildman–Crippen LogP) is 2.36. The highest BCUT2D eigenvalue weighted by Crippen LogP contribution is 2.30. The maximum Gasteiger partial charge on any atom is 0.390 e. The SMILES string of the molecule is CCn1c(=O)c2c(CF)c(C(=O)O)sc2n(CCC(F)(F)F)c1=O. The Labute approximate surface area is 135 Å². The number of nitrogens with zero attached hydrogens (tertiary/aromatic N) is 2. The number of hydrogen-bond donors (Lipinski definition) is 1. The summed E-state index contributed by atoms with van der Waals surface area (Å²) in [7, 11) is 0. The third kappa shape index (κ3) is 3.07. The van der Waals surface area contributed by atoms with Gasteiger partial charge in [0.1, 0.15) is 16.4 Å². The molecule has 132 valence electrons. The summed E-state index contributed by atoms with van der Waals surface area (Å²) < 4.78 is 52.0. The number of hydrogen-bond acceptors (Lipinski definition) is 4. The molecule has 2 rings (SSSR count). The zero-order chi connectivity index (χ0) is 18.2. The first-order valence-corrected chi connectivity index (χ1v) is 7.59. The Balaban J connectivity index is 2.88. The van der Waals surface area contributed by atoms with Crippen LogP contribution in [0.2, 0.25) is 0 Å². The molecule has 6 nitrogen and oxygen atoms in total. The van der Waals surface area contributed by atoms with Crippen molar-refractivity contribution in [1.82, 2.24) is 9.13 Å². The zero-order valence-electron chi connectivity index (χ0n) is 12.3. The van der Waals surface area contributed by atoms with Crippen LogP contribution in [0.25, 0.3) is 10.2 Å². The van der Waals surface area contributed by atoms with Crippen LogP contribution in [0.4, 0.5) is 17.6 Å². The van der Waals surface area contributed by atoms with Crippen molar-refractivity contribution in [2.75, 3.05) is 0 Å². The third-order valence-electron chi connectivity index (χ3n) is 3.42. The van der Waals surface area contributed by atoms with Gasteiger partial charge in [-0.3, -0.25) is 13.9 Å². The van der Waals surface area contributed by atoms with Crippen LogP contribution < -0.4 is 11.2 Å². The molecule has 0 aliphatic rings. The molecule has 2 aromatic rings. The average Bonchev–Trinajstić information content (AvgIpc) is 2.86. The maximum absolute atomic E-state index is 13.3. The number of aromatic carboxylic acids is 1. The molecule has 0 atom stereocenters. The van der Waals surface area contributed by atoms with E-state index < -0.39 is 53.5 Å². The number of thiophene rings is 1. The Hall–Kier alpha value is -2.17. The van der Waals surface area contributed by atoms with Crippen molar-refractivity contribution in [2.45, 2.75) is 39.3 Å². The van der Waals surface area contributed by atoms with Crippen molar-refractivity contribution >= 4 is 27.5 Å². The summed E-state index contributed by atoms with van der Waals surface area (Å²) in [6.45, 7) is -0.769.